The number of carbonyl (C=O) groups is 1. The van der Waals surface area contributed by atoms with Crippen LogP contribution in [-0.4, -0.2) is 52.7 Å². The molecular weight excluding hydrogens is 278 g/mol. The third-order valence-electron chi connectivity index (χ3n) is 3.26. The fraction of sp³-hybridized carbons (Fsp3) is 0.462. The summed E-state index contributed by atoms with van der Waals surface area (Å²) in [4.78, 5) is 24.4. The van der Waals surface area contributed by atoms with Crippen molar-refractivity contribution < 1.29 is 19.6 Å². The molecule has 3 N–H and O–H groups in total. The van der Waals surface area contributed by atoms with Crippen LogP contribution < -0.4 is 5.73 Å². The number of hydrogen-bond acceptors (Lipinski definition) is 6. The summed E-state index contributed by atoms with van der Waals surface area (Å²) in [5, 5.41) is 20.2. The number of morpholine rings is 1. The van der Waals surface area contributed by atoms with Gasteiger partial charge in [-0.15, -0.1) is 0 Å². The van der Waals surface area contributed by atoms with Crippen LogP contribution in [0, 0.1) is 10.1 Å². The van der Waals surface area contributed by atoms with E-state index in [9.17, 15) is 20.0 Å². The maximum Gasteiger partial charge on any atom is 0.282 e. The molecule has 2 unspecified atom stereocenters. The highest BCUT2D eigenvalue weighted by Gasteiger charge is 2.31. The molecule has 1 heterocycles. The number of hydrogen-bond donors (Lipinski definition) is 2. The Labute approximate surface area is 121 Å². The Morgan fingerprint density at radius 1 is 1.57 bits per heavy atom. The number of nitrogens with two attached hydrogens (primary N) is 1. The topological polar surface area (TPSA) is 119 Å². The fourth-order valence-corrected chi connectivity index (χ4v) is 2.37. The Hall–Kier alpha value is -2.19. The summed E-state index contributed by atoms with van der Waals surface area (Å²) in [5.41, 5.74) is 5.57. The molecule has 0 bridgehead atoms. The highest BCUT2D eigenvalue weighted by molar-refractivity contribution is 5.99. The molecule has 0 saturated carbocycles. The molecule has 0 aliphatic carbocycles. The SMILES string of the molecule is CC1CN(C(=O)c2cc(N)ccc2[N+](=O)[O-])CC(CO)O1. The van der Waals surface area contributed by atoms with Gasteiger partial charge in [0.25, 0.3) is 11.6 Å². The lowest BCUT2D eigenvalue weighted by Crippen LogP contribution is -2.50. The smallest absolute Gasteiger partial charge is 0.282 e. The number of nitrogens with zero attached hydrogens (tertiary/aromatic N) is 2. The molecule has 8 heteroatoms. The molecule has 1 fully saturated rings. The maximum atomic E-state index is 12.5. The Balaban J connectivity index is 2.31. The average Bonchev–Trinajstić information content (AvgIpc) is 2.45. The molecule has 1 aliphatic rings. The summed E-state index contributed by atoms with van der Waals surface area (Å²) in [6.45, 7) is 2.05. The predicted molar refractivity (Wildman–Crippen MR) is 74.8 cm³/mol. The summed E-state index contributed by atoms with van der Waals surface area (Å²) in [6.07, 6.45) is -0.738. The van der Waals surface area contributed by atoms with Crippen LogP contribution in [0.25, 0.3) is 0 Å². The van der Waals surface area contributed by atoms with Crippen molar-refractivity contribution in [3.63, 3.8) is 0 Å². The van der Waals surface area contributed by atoms with Crippen molar-refractivity contribution in [2.75, 3.05) is 25.4 Å². The van der Waals surface area contributed by atoms with Gasteiger partial charge in [-0.25, -0.2) is 0 Å². The number of ether oxygens (including phenoxy) is 1. The zero-order chi connectivity index (χ0) is 15.6. The molecule has 2 atom stereocenters. The van der Waals surface area contributed by atoms with Crippen molar-refractivity contribution in [2.24, 2.45) is 0 Å². The highest BCUT2D eigenvalue weighted by Crippen LogP contribution is 2.24. The van der Waals surface area contributed by atoms with E-state index in [1.807, 2.05) is 0 Å². The Bertz CT molecular complexity index is 563. The first-order chi connectivity index (χ1) is 9.92. The summed E-state index contributed by atoms with van der Waals surface area (Å²) in [5.74, 6) is -0.484. The van der Waals surface area contributed by atoms with E-state index in [2.05, 4.69) is 0 Å². The van der Waals surface area contributed by atoms with Gasteiger partial charge in [-0.2, -0.15) is 0 Å². The number of benzene rings is 1. The van der Waals surface area contributed by atoms with E-state index in [0.29, 0.717) is 6.54 Å². The molecule has 1 aliphatic heterocycles. The third-order valence-corrected chi connectivity index (χ3v) is 3.26. The second kappa shape index (κ2) is 6.06. The molecule has 21 heavy (non-hydrogen) atoms. The van der Waals surface area contributed by atoms with Crippen LogP contribution in [0.15, 0.2) is 18.2 Å². The molecule has 0 spiro atoms. The predicted octanol–water partition coefficient (Wildman–Crippen LogP) is 0.399. The molecule has 1 aromatic carbocycles. The van der Waals surface area contributed by atoms with Gasteiger partial charge in [-0.3, -0.25) is 14.9 Å². The van der Waals surface area contributed by atoms with Crippen molar-refractivity contribution in [3.8, 4) is 0 Å². The lowest BCUT2D eigenvalue weighted by Gasteiger charge is -2.36. The molecule has 0 radical (unpaired) electrons. The minimum Gasteiger partial charge on any atom is -0.399 e. The maximum absolute atomic E-state index is 12.5. The van der Waals surface area contributed by atoms with Crippen LogP contribution in [0.1, 0.15) is 17.3 Å². The van der Waals surface area contributed by atoms with Gasteiger partial charge in [-0.1, -0.05) is 0 Å². The van der Waals surface area contributed by atoms with E-state index in [-0.39, 0.29) is 36.2 Å². The third kappa shape index (κ3) is 3.29. The quantitative estimate of drug-likeness (QED) is 0.473. The first kappa shape index (κ1) is 15.2. The van der Waals surface area contributed by atoms with Gasteiger partial charge in [0.1, 0.15) is 5.56 Å². The molecular formula is C13H17N3O5. The van der Waals surface area contributed by atoms with Crippen LogP contribution in [0.4, 0.5) is 11.4 Å². The number of carbonyl (C=O) groups excluding carboxylic acids is 1. The minimum absolute atomic E-state index is 0.0502. The van der Waals surface area contributed by atoms with Gasteiger partial charge in [-0.05, 0) is 19.1 Å². The van der Waals surface area contributed by atoms with Gasteiger partial charge in [0.2, 0.25) is 0 Å². The first-order valence-electron chi connectivity index (χ1n) is 6.52. The number of nitro groups is 1. The number of aliphatic hydroxyl groups excluding tert-OH is 1. The largest absolute Gasteiger partial charge is 0.399 e. The molecule has 1 aromatic rings. The molecule has 1 amide bonds. The summed E-state index contributed by atoms with van der Waals surface area (Å²) < 4.78 is 5.45. The van der Waals surface area contributed by atoms with E-state index in [1.165, 1.54) is 23.1 Å². The minimum atomic E-state index is -0.611. The zero-order valence-electron chi connectivity index (χ0n) is 11.6. The van der Waals surface area contributed by atoms with E-state index in [0.717, 1.165) is 0 Å². The zero-order valence-corrected chi connectivity index (χ0v) is 11.6. The summed E-state index contributed by atoms with van der Waals surface area (Å²) in [7, 11) is 0. The number of amides is 1. The lowest BCUT2D eigenvalue weighted by molar-refractivity contribution is -0.385. The lowest BCUT2D eigenvalue weighted by atomic mass is 10.1. The normalized spacial score (nSPS) is 22.1. The van der Waals surface area contributed by atoms with E-state index >= 15 is 0 Å². The number of nitro benzene ring substituents is 1. The molecule has 114 valence electrons. The fourth-order valence-electron chi connectivity index (χ4n) is 2.37. The molecule has 2 rings (SSSR count). The Kier molecular flexibility index (Phi) is 4.39. The summed E-state index contributed by atoms with van der Waals surface area (Å²) in [6, 6.07) is 3.90. The van der Waals surface area contributed by atoms with Crippen molar-refractivity contribution in [1.82, 2.24) is 4.90 Å². The van der Waals surface area contributed by atoms with Gasteiger partial charge in [0.15, 0.2) is 0 Å². The number of rotatable bonds is 3. The van der Waals surface area contributed by atoms with Crippen LogP contribution in [-0.2, 0) is 4.74 Å². The van der Waals surface area contributed by atoms with Crippen LogP contribution in [0.2, 0.25) is 0 Å². The second-order valence-corrected chi connectivity index (χ2v) is 5.00. The standard InChI is InChI=1S/C13H17N3O5/c1-8-5-15(6-10(7-17)21-8)13(18)11-4-9(14)2-3-12(11)16(19)20/h2-4,8,10,17H,5-7,14H2,1H3. The Morgan fingerprint density at radius 3 is 2.90 bits per heavy atom. The van der Waals surface area contributed by atoms with Gasteiger partial charge < -0.3 is 20.5 Å². The van der Waals surface area contributed by atoms with Crippen molar-refractivity contribution in [1.29, 1.82) is 0 Å². The average molecular weight is 295 g/mol. The summed E-state index contributed by atoms with van der Waals surface area (Å²) >= 11 is 0. The molecule has 1 saturated heterocycles. The van der Waals surface area contributed by atoms with Crippen molar-refractivity contribution in [2.45, 2.75) is 19.1 Å². The number of anilines is 1. The van der Waals surface area contributed by atoms with Gasteiger partial charge in [0.05, 0.1) is 23.7 Å². The van der Waals surface area contributed by atoms with E-state index < -0.39 is 16.9 Å². The monoisotopic (exact) mass is 295 g/mol. The second-order valence-electron chi connectivity index (χ2n) is 5.00. The van der Waals surface area contributed by atoms with E-state index in [4.69, 9.17) is 10.5 Å². The number of aliphatic hydroxyl groups is 1. The molecule has 0 aromatic heterocycles. The number of nitrogen functional groups attached to an aromatic ring is 1. The van der Waals surface area contributed by atoms with Crippen molar-refractivity contribution in [3.05, 3.63) is 33.9 Å². The van der Waals surface area contributed by atoms with E-state index in [1.54, 1.807) is 6.92 Å². The van der Waals surface area contributed by atoms with Gasteiger partial charge in [0, 0.05) is 24.8 Å². The molecule has 8 nitrogen and oxygen atoms in total. The highest BCUT2D eigenvalue weighted by atomic mass is 16.6. The van der Waals surface area contributed by atoms with Gasteiger partial charge >= 0.3 is 0 Å². The first-order valence-corrected chi connectivity index (χ1v) is 6.52. The van der Waals surface area contributed by atoms with Crippen molar-refractivity contribution >= 4 is 17.3 Å². The van der Waals surface area contributed by atoms with Crippen LogP contribution in [0.5, 0.6) is 0 Å². The van der Waals surface area contributed by atoms with Crippen LogP contribution in [0.3, 0.4) is 0 Å². The van der Waals surface area contributed by atoms with Crippen LogP contribution >= 0.6 is 0 Å². The Morgan fingerprint density at radius 2 is 2.29 bits per heavy atom.